The van der Waals surface area contributed by atoms with Crippen molar-refractivity contribution in [3.63, 3.8) is 0 Å². The van der Waals surface area contributed by atoms with Crippen LogP contribution in [0.4, 0.5) is 0 Å². The Kier molecular flexibility index (Phi) is 6.27. The molecule has 0 aliphatic heterocycles. The minimum atomic E-state index is 0.312. The molecule has 0 atom stereocenters. The highest BCUT2D eigenvalue weighted by Gasteiger charge is 2.00. The van der Waals surface area contributed by atoms with Crippen molar-refractivity contribution in [3.8, 4) is 0 Å². The maximum Gasteiger partial charge on any atom is 0.0518 e. The van der Waals surface area contributed by atoms with Gasteiger partial charge in [0.15, 0.2) is 0 Å². The molecule has 0 saturated carbocycles. The van der Waals surface area contributed by atoms with Crippen LogP contribution in [0.25, 0.3) is 0 Å². The summed E-state index contributed by atoms with van der Waals surface area (Å²) in [6, 6.07) is 0. The molecule has 0 rings (SSSR count). The van der Waals surface area contributed by atoms with Gasteiger partial charge < -0.3 is 5.11 Å². The first kappa shape index (κ1) is 8.66. The zero-order chi connectivity index (χ0) is 6.41. The minimum absolute atomic E-state index is 0.312. The van der Waals surface area contributed by atoms with Crippen molar-refractivity contribution in [2.24, 2.45) is 0 Å². The molecule has 0 aromatic heterocycles. The van der Waals surface area contributed by atoms with Crippen LogP contribution in [0.2, 0.25) is 0 Å². The molecule has 1 nitrogen and oxygen atoms in total. The first-order valence-electron chi connectivity index (χ1n) is 2.51. The van der Waals surface area contributed by atoms with Gasteiger partial charge in [-0.05, 0) is 18.9 Å². The molecule has 0 saturated heterocycles. The van der Waals surface area contributed by atoms with Gasteiger partial charge in [0.2, 0.25) is 0 Å². The molecule has 0 amide bonds. The quantitative estimate of drug-likeness (QED) is 0.615. The van der Waals surface area contributed by atoms with Gasteiger partial charge in [-0.15, -0.1) is 0 Å². The molecule has 0 aliphatic carbocycles. The van der Waals surface area contributed by atoms with E-state index in [4.69, 9.17) is 5.11 Å². The summed E-state index contributed by atoms with van der Waals surface area (Å²) in [5.74, 6) is 0. The van der Waals surface area contributed by atoms with Crippen LogP contribution in [0.15, 0.2) is 0 Å². The summed E-state index contributed by atoms with van der Waals surface area (Å²) in [5.41, 5.74) is 0. The van der Waals surface area contributed by atoms with E-state index in [0.29, 0.717) is 11.2 Å². The monoisotopic (exact) mass is 152 g/mol. The van der Waals surface area contributed by atoms with Crippen molar-refractivity contribution >= 4 is 23.5 Å². The molecular formula is C5H12OS2. The molecule has 0 spiro atoms. The molecule has 0 radical (unpaired) electrons. The van der Waals surface area contributed by atoms with Crippen molar-refractivity contribution in [2.75, 3.05) is 19.1 Å². The van der Waals surface area contributed by atoms with Crippen LogP contribution in [0.3, 0.4) is 0 Å². The Morgan fingerprint density at radius 1 is 1.38 bits per heavy atom. The summed E-state index contributed by atoms with van der Waals surface area (Å²) >= 11 is 3.59. The van der Waals surface area contributed by atoms with Gasteiger partial charge in [0.1, 0.15) is 0 Å². The molecule has 0 aromatic carbocycles. The van der Waals surface area contributed by atoms with E-state index in [1.54, 1.807) is 23.5 Å². The lowest BCUT2D eigenvalue weighted by Crippen LogP contribution is -1.97. The fraction of sp³-hybridized carbons (Fsp3) is 1.00. The van der Waals surface area contributed by atoms with E-state index in [1.165, 1.54) is 0 Å². The molecule has 0 heterocycles. The number of thioether (sulfide) groups is 2. The smallest absolute Gasteiger partial charge is 0.0518 e. The average Bonchev–Trinajstić information content (AvgIpc) is 1.83. The van der Waals surface area contributed by atoms with Crippen LogP contribution >= 0.6 is 23.5 Å². The summed E-state index contributed by atoms with van der Waals surface area (Å²) in [6.45, 7) is 0.312. The van der Waals surface area contributed by atoms with Gasteiger partial charge in [0.25, 0.3) is 0 Å². The third-order valence-electron chi connectivity index (χ3n) is 0.891. The molecule has 0 aromatic rings. The number of aliphatic hydroxyl groups is 1. The summed E-state index contributed by atoms with van der Waals surface area (Å²) in [4.78, 5) is 0. The highest BCUT2D eigenvalue weighted by Crippen LogP contribution is 2.20. The van der Waals surface area contributed by atoms with E-state index in [1.807, 2.05) is 0 Å². The third-order valence-corrected chi connectivity index (χ3v) is 3.57. The van der Waals surface area contributed by atoms with Gasteiger partial charge in [-0.3, -0.25) is 0 Å². The van der Waals surface area contributed by atoms with Crippen LogP contribution in [0, 0.1) is 0 Å². The number of hydrogen-bond acceptors (Lipinski definition) is 3. The number of rotatable bonds is 4. The topological polar surface area (TPSA) is 20.2 Å². The van der Waals surface area contributed by atoms with Crippen molar-refractivity contribution in [1.82, 2.24) is 0 Å². The zero-order valence-corrected chi connectivity index (χ0v) is 6.89. The molecule has 0 fully saturated rings. The standard InChI is InChI=1S/C5H12OS2/c1-7-5(8-2)3-4-6/h5-6H,3-4H2,1-2H3. The largest absolute Gasteiger partial charge is 0.396 e. The zero-order valence-electron chi connectivity index (χ0n) is 5.26. The van der Waals surface area contributed by atoms with Gasteiger partial charge in [0.05, 0.1) is 4.58 Å². The molecule has 0 aliphatic rings. The highest BCUT2D eigenvalue weighted by atomic mass is 32.2. The van der Waals surface area contributed by atoms with E-state index in [2.05, 4.69) is 12.5 Å². The van der Waals surface area contributed by atoms with Crippen molar-refractivity contribution in [1.29, 1.82) is 0 Å². The van der Waals surface area contributed by atoms with Crippen molar-refractivity contribution in [2.45, 2.75) is 11.0 Å². The maximum absolute atomic E-state index is 8.47. The normalized spacial score (nSPS) is 10.5. The van der Waals surface area contributed by atoms with Gasteiger partial charge >= 0.3 is 0 Å². The third kappa shape index (κ3) is 3.64. The Bertz CT molecular complexity index is 45.7. The number of aliphatic hydroxyl groups excluding tert-OH is 1. The summed E-state index contributed by atoms with van der Waals surface area (Å²) in [7, 11) is 0. The van der Waals surface area contributed by atoms with Crippen LogP contribution in [-0.2, 0) is 0 Å². The predicted molar refractivity (Wildman–Crippen MR) is 42.5 cm³/mol. The van der Waals surface area contributed by atoms with Crippen molar-refractivity contribution in [3.05, 3.63) is 0 Å². The Morgan fingerprint density at radius 2 is 1.88 bits per heavy atom. The Labute approximate surface area is 59.2 Å². The molecule has 3 heteroatoms. The Balaban J connectivity index is 3.07. The summed E-state index contributed by atoms with van der Waals surface area (Å²) in [5, 5.41) is 8.47. The second-order valence-corrected chi connectivity index (χ2v) is 3.79. The lowest BCUT2D eigenvalue weighted by Gasteiger charge is -2.07. The minimum Gasteiger partial charge on any atom is -0.396 e. The molecule has 0 unspecified atom stereocenters. The average molecular weight is 152 g/mol. The molecule has 8 heavy (non-hydrogen) atoms. The van der Waals surface area contributed by atoms with Crippen LogP contribution in [0.5, 0.6) is 0 Å². The summed E-state index contributed by atoms with van der Waals surface area (Å²) in [6.07, 6.45) is 5.04. The van der Waals surface area contributed by atoms with Gasteiger partial charge in [-0.25, -0.2) is 0 Å². The van der Waals surface area contributed by atoms with E-state index in [-0.39, 0.29) is 0 Å². The lowest BCUT2D eigenvalue weighted by molar-refractivity contribution is 0.294. The first-order valence-corrected chi connectivity index (χ1v) is 5.09. The Morgan fingerprint density at radius 3 is 2.00 bits per heavy atom. The Hall–Kier alpha value is 0.660. The second kappa shape index (κ2) is 5.79. The molecule has 0 bridgehead atoms. The van der Waals surface area contributed by atoms with Crippen LogP contribution < -0.4 is 0 Å². The SMILES string of the molecule is CSC(CCO)SC. The molecule has 50 valence electrons. The van der Waals surface area contributed by atoms with Gasteiger partial charge in [-0.2, -0.15) is 23.5 Å². The fourth-order valence-electron chi connectivity index (χ4n) is 0.437. The summed E-state index contributed by atoms with van der Waals surface area (Å²) < 4.78 is 0.583. The van der Waals surface area contributed by atoms with E-state index in [0.717, 1.165) is 6.42 Å². The van der Waals surface area contributed by atoms with Gasteiger partial charge in [-0.1, -0.05) is 0 Å². The van der Waals surface area contributed by atoms with E-state index >= 15 is 0 Å². The second-order valence-electron chi connectivity index (χ2n) is 1.41. The number of hydrogen-bond donors (Lipinski definition) is 1. The maximum atomic E-state index is 8.47. The van der Waals surface area contributed by atoms with E-state index in [9.17, 15) is 0 Å². The van der Waals surface area contributed by atoms with E-state index < -0.39 is 0 Å². The predicted octanol–water partition coefficient (Wildman–Crippen LogP) is 1.42. The van der Waals surface area contributed by atoms with Crippen molar-refractivity contribution < 1.29 is 5.11 Å². The van der Waals surface area contributed by atoms with Crippen LogP contribution in [0.1, 0.15) is 6.42 Å². The van der Waals surface area contributed by atoms with Gasteiger partial charge in [0, 0.05) is 6.61 Å². The molecular weight excluding hydrogens is 140 g/mol. The molecule has 1 N–H and O–H groups in total. The van der Waals surface area contributed by atoms with Crippen LogP contribution in [-0.4, -0.2) is 28.8 Å². The lowest BCUT2D eigenvalue weighted by atomic mass is 10.5. The highest BCUT2D eigenvalue weighted by molar-refractivity contribution is 8.16. The fourth-order valence-corrected chi connectivity index (χ4v) is 1.89. The first-order chi connectivity index (χ1) is 3.85.